The second-order valence-electron chi connectivity index (χ2n) is 2.58. The molecule has 0 saturated heterocycles. The minimum absolute atomic E-state index is 0.0683. The van der Waals surface area contributed by atoms with Crippen LogP contribution in [0, 0.1) is 11.3 Å². The molecule has 1 rings (SSSR count). The van der Waals surface area contributed by atoms with Gasteiger partial charge in [-0.2, -0.15) is 5.26 Å². The van der Waals surface area contributed by atoms with Crippen molar-refractivity contribution < 1.29 is 9.90 Å². The first-order chi connectivity index (χ1) is 6.61. The van der Waals surface area contributed by atoms with Crippen molar-refractivity contribution >= 4 is 21.9 Å². The van der Waals surface area contributed by atoms with E-state index in [9.17, 15) is 4.79 Å². The topological polar surface area (TPSA) is 87.1 Å². The second kappa shape index (κ2) is 4.22. The van der Waals surface area contributed by atoms with E-state index in [2.05, 4.69) is 15.9 Å². The molecule has 3 N–H and O–H groups in total. The van der Waals surface area contributed by atoms with Crippen molar-refractivity contribution in [2.24, 2.45) is 5.73 Å². The molecule has 4 nitrogen and oxygen atoms in total. The summed E-state index contributed by atoms with van der Waals surface area (Å²) in [6, 6.07) is 4.89. The van der Waals surface area contributed by atoms with E-state index >= 15 is 0 Å². The number of carboxylic acids is 1. The van der Waals surface area contributed by atoms with Gasteiger partial charge in [-0.05, 0) is 27.6 Å². The quantitative estimate of drug-likeness (QED) is 0.837. The molecule has 14 heavy (non-hydrogen) atoms. The third-order valence-corrected chi connectivity index (χ3v) is 2.61. The molecule has 0 aliphatic heterocycles. The highest BCUT2D eigenvalue weighted by molar-refractivity contribution is 9.10. The van der Waals surface area contributed by atoms with Gasteiger partial charge in [-0.3, -0.25) is 0 Å². The van der Waals surface area contributed by atoms with E-state index in [1.165, 1.54) is 6.07 Å². The SMILES string of the molecule is N#Cc1c(CN)ccc(C(=O)O)c1Br. The lowest BCUT2D eigenvalue weighted by Gasteiger charge is -2.05. The molecule has 72 valence electrons. The molecule has 0 bridgehead atoms. The van der Waals surface area contributed by atoms with Crippen LogP contribution in [0.4, 0.5) is 0 Å². The van der Waals surface area contributed by atoms with Crippen LogP contribution in [0.5, 0.6) is 0 Å². The number of nitrogens with zero attached hydrogens (tertiary/aromatic N) is 1. The number of carboxylic acid groups (broad SMARTS) is 1. The van der Waals surface area contributed by atoms with E-state index in [0.29, 0.717) is 5.56 Å². The molecular formula is C9H7BrN2O2. The van der Waals surface area contributed by atoms with Crippen LogP contribution in [0.25, 0.3) is 0 Å². The predicted molar refractivity (Wildman–Crippen MR) is 53.7 cm³/mol. The fourth-order valence-corrected chi connectivity index (χ4v) is 1.72. The van der Waals surface area contributed by atoms with Crippen molar-refractivity contribution in [1.82, 2.24) is 0 Å². The minimum atomic E-state index is -1.07. The molecule has 0 atom stereocenters. The molecule has 1 aromatic rings. The Morgan fingerprint density at radius 2 is 2.29 bits per heavy atom. The van der Waals surface area contributed by atoms with Crippen molar-refractivity contribution in [2.75, 3.05) is 0 Å². The summed E-state index contributed by atoms with van der Waals surface area (Å²) in [6.45, 7) is 0.210. The van der Waals surface area contributed by atoms with Crippen molar-refractivity contribution in [3.63, 3.8) is 0 Å². The van der Waals surface area contributed by atoms with Crippen molar-refractivity contribution in [1.29, 1.82) is 5.26 Å². The second-order valence-corrected chi connectivity index (χ2v) is 3.38. The first kappa shape index (κ1) is 10.7. The highest BCUT2D eigenvalue weighted by atomic mass is 79.9. The summed E-state index contributed by atoms with van der Waals surface area (Å²) < 4.78 is 0.287. The van der Waals surface area contributed by atoms with Crippen LogP contribution in [-0.2, 0) is 6.54 Å². The standard InChI is InChI=1S/C9H7BrN2O2/c10-8-6(9(13)14)2-1-5(3-11)7(8)4-12/h1-2H,3,11H2,(H,13,14). The van der Waals surface area contributed by atoms with E-state index in [-0.39, 0.29) is 22.1 Å². The number of nitrogens with two attached hydrogens (primary N) is 1. The summed E-state index contributed by atoms with van der Waals surface area (Å²) in [7, 11) is 0. The summed E-state index contributed by atoms with van der Waals surface area (Å²) in [5.41, 5.74) is 6.38. The molecule has 0 heterocycles. The Balaban J connectivity index is 3.44. The van der Waals surface area contributed by atoms with Crippen LogP contribution >= 0.6 is 15.9 Å². The summed E-state index contributed by atoms with van der Waals surface area (Å²) in [4.78, 5) is 10.7. The van der Waals surface area contributed by atoms with Crippen LogP contribution in [0.3, 0.4) is 0 Å². The number of nitriles is 1. The summed E-state index contributed by atoms with van der Waals surface area (Å²) >= 11 is 3.07. The molecule has 0 unspecified atom stereocenters. The lowest BCUT2D eigenvalue weighted by molar-refractivity contribution is 0.0696. The lowest BCUT2D eigenvalue weighted by atomic mass is 10.0. The zero-order valence-corrected chi connectivity index (χ0v) is 8.71. The molecule has 0 radical (unpaired) electrons. The Kier molecular flexibility index (Phi) is 3.23. The average Bonchev–Trinajstić information content (AvgIpc) is 2.16. The van der Waals surface area contributed by atoms with E-state index in [0.717, 1.165) is 0 Å². The maximum absolute atomic E-state index is 10.7. The highest BCUT2D eigenvalue weighted by Crippen LogP contribution is 2.24. The number of halogens is 1. The van der Waals surface area contributed by atoms with Gasteiger partial charge in [0.05, 0.1) is 15.6 Å². The first-order valence-electron chi connectivity index (χ1n) is 3.76. The van der Waals surface area contributed by atoms with Gasteiger partial charge in [0.1, 0.15) is 6.07 Å². The normalized spacial score (nSPS) is 9.50. The monoisotopic (exact) mass is 254 g/mol. The van der Waals surface area contributed by atoms with Gasteiger partial charge in [-0.25, -0.2) is 4.79 Å². The van der Waals surface area contributed by atoms with Crippen molar-refractivity contribution in [3.8, 4) is 6.07 Å². The zero-order chi connectivity index (χ0) is 10.7. The van der Waals surface area contributed by atoms with Crippen LogP contribution in [-0.4, -0.2) is 11.1 Å². The minimum Gasteiger partial charge on any atom is -0.478 e. The van der Waals surface area contributed by atoms with E-state index in [1.807, 2.05) is 6.07 Å². The average molecular weight is 255 g/mol. The Hall–Kier alpha value is -1.38. The largest absolute Gasteiger partial charge is 0.478 e. The lowest BCUT2D eigenvalue weighted by Crippen LogP contribution is -2.05. The van der Waals surface area contributed by atoms with E-state index in [1.54, 1.807) is 6.07 Å². The number of benzene rings is 1. The fraction of sp³-hybridized carbons (Fsp3) is 0.111. The maximum Gasteiger partial charge on any atom is 0.336 e. The maximum atomic E-state index is 10.7. The van der Waals surface area contributed by atoms with Gasteiger partial charge in [0, 0.05) is 6.54 Å². The molecule has 0 aromatic heterocycles. The summed E-state index contributed by atoms with van der Waals surface area (Å²) in [5, 5.41) is 17.6. The molecule has 0 spiro atoms. The predicted octanol–water partition coefficient (Wildman–Crippen LogP) is 1.48. The zero-order valence-electron chi connectivity index (χ0n) is 7.12. The summed E-state index contributed by atoms with van der Waals surface area (Å²) in [5.74, 6) is -1.07. The van der Waals surface area contributed by atoms with Gasteiger partial charge in [0.15, 0.2) is 0 Å². The molecule has 5 heteroatoms. The molecule has 0 aliphatic rings. The Morgan fingerprint density at radius 1 is 1.64 bits per heavy atom. The fourth-order valence-electron chi connectivity index (χ4n) is 1.07. The Morgan fingerprint density at radius 3 is 2.71 bits per heavy atom. The van der Waals surface area contributed by atoms with Crippen molar-refractivity contribution in [3.05, 3.63) is 33.3 Å². The molecular weight excluding hydrogens is 248 g/mol. The van der Waals surface area contributed by atoms with Crippen LogP contribution in [0.1, 0.15) is 21.5 Å². The Labute approximate surface area is 89.1 Å². The van der Waals surface area contributed by atoms with Gasteiger partial charge in [-0.1, -0.05) is 6.07 Å². The molecule has 0 saturated carbocycles. The van der Waals surface area contributed by atoms with E-state index < -0.39 is 5.97 Å². The van der Waals surface area contributed by atoms with Crippen LogP contribution < -0.4 is 5.73 Å². The first-order valence-corrected chi connectivity index (χ1v) is 4.56. The number of carbonyl (C=O) groups is 1. The number of hydrogen-bond acceptors (Lipinski definition) is 3. The van der Waals surface area contributed by atoms with Gasteiger partial charge in [0.25, 0.3) is 0 Å². The molecule has 0 aliphatic carbocycles. The van der Waals surface area contributed by atoms with E-state index in [4.69, 9.17) is 16.1 Å². The third-order valence-electron chi connectivity index (χ3n) is 1.79. The number of rotatable bonds is 2. The number of aromatic carboxylic acids is 1. The van der Waals surface area contributed by atoms with Gasteiger partial charge in [-0.15, -0.1) is 0 Å². The highest BCUT2D eigenvalue weighted by Gasteiger charge is 2.14. The van der Waals surface area contributed by atoms with Gasteiger partial charge >= 0.3 is 5.97 Å². The molecule has 0 amide bonds. The van der Waals surface area contributed by atoms with Gasteiger partial charge < -0.3 is 10.8 Å². The van der Waals surface area contributed by atoms with Crippen LogP contribution in [0.15, 0.2) is 16.6 Å². The number of hydrogen-bond donors (Lipinski definition) is 2. The van der Waals surface area contributed by atoms with Crippen molar-refractivity contribution in [2.45, 2.75) is 6.54 Å². The summed E-state index contributed by atoms with van der Waals surface area (Å²) in [6.07, 6.45) is 0. The smallest absolute Gasteiger partial charge is 0.336 e. The Bertz CT molecular complexity index is 424. The van der Waals surface area contributed by atoms with Crippen LogP contribution in [0.2, 0.25) is 0 Å². The molecule has 1 aromatic carbocycles. The van der Waals surface area contributed by atoms with Gasteiger partial charge in [0.2, 0.25) is 0 Å². The molecule has 0 fully saturated rings. The third kappa shape index (κ3) is 1.76.